The Balaban J connectivity index is 1.56. The number of rotatable bonds is 5. The van der Waals surface area contributed by atoms with Gasteiger partial charge in [-0.25, -0.2) is 0 Å². The molecule has 0 aliphatic carbocycles. The molecule has 0 spiro atoms. The standard InChI is InChI=1S/C19H24N2OS/c1-3-17-16-9-11-23-18(16)8-10-21(17)13-19(22)20-12-15-6-4-14(2)5-7-15/h4-7,9,11,17H,3,8,10,12-13H2,1-2H3,(H,20,22). The van der Waals surface area contributed by atoms with E-state index in [0.717, 1.165) is 24.9 Å². The van der Waals surface area contributed by atoms with E-state index in [0.29, 0.717) is 19.1 Å². The van der Waals surface area contributed by atoms with Gasteiger partial charge in [0.05, 0.1) is 6.54 Å². The zero-order chi connectivity index (χ0) is 16.2. The van der Waals surface area contributed by atoms with Crippen LogP contribution in [0.5, 0.6) is 0 Å². The third-order valence-corrected chi connectivity index (χ3v) is 5.55. The Morgan fingerprint density at radius 2 is 2.09 bits per heavy atom. The van der Waals surface area contributed by atoms with Crippen molar-refractivity contribution in [3.05, 3.63) is 57.3 Å². The molecule has 1 aliphatic heterocycles. The summed E-state index contributed by atoms with van der Waals surface area (Å²) in [6, 6.07) is 10.9. The van der Waals surface area contributed by atoms with Crippen LogP contribution in [0.3, 0.4) is 0 Å². The fourth-order valence-corrected chi connectivity index (χ4v) is 4.19. The molecule has 4 heteroatoms. The summed E-state index contributed by atoms with van der Waals surface area (Å²) < 4.78 is 0. The summed E-state index contributed by atoms with van der Waals surface area (Å²) in [5.74, 6) is 0.114. The van der Waals surface area contributed by atoms with E-state index < -0.39 is 0 Å². The number of aryl methyl sites for hydroxylation is 1. The molecule has 0 bridgehead atoms. The van der Waals surface area contributed by atoms with Crippen LogP contribution in [0.25, 0.3) is 0 Å². The minimum Gasteiger partial charge on any atom is -0.351 e. The zero-order valence-electron chi connectivity index (χ0n) is 13.8. The summed E-state index contributed by atoms with van der Waals surface area (Å²) in [7, 11) is 0. The largest absolute Gasteiger partial charge is 0.351 e. The molecule has 1 unspecified atom stereocenters. The highest BCUT2D eigenvalue weighted by molar-refractivity contribution is 7.10. The Kier molecular flexibility index (Phi) is 5.13. The van der Waals surface area contributed by atoms with Gasteiger partial charge >= 0.3 is 0 Å². The van der Waals surface area contributed by atoms with Crippen molar-refractivity contribution in [1.82, 2.24) is 10.2 Å². The minimum absolute atomic E-state index is 0.114. The maximum atomic E-state index is 12.3. The van der Waals surface area contributed by atoms with Gasteiger partial charge in [0.2, 0.25) is 5.91 Å². The first-order valence-corrected chi connectivity index (χ1v) is 9.18. The first-order chi connectivity index (χ1) is 11.2. The van der Waals surface area contributed by atoms with Crippen LogP contribution in [0.1, 0.15) is 41.0 Å². The van der Waals surface area contributed by atoms with E-state index in [1.54, 1.807) is 0 Å². The predicted octanol–water partition coefficient (Wildman–Crippen LogP) is 3.68. The van der Waals surface area contributed by atoms with Gasteiger partial charge in [-0.2, -0.15) is 0 Å². The van der Waals surface area contributed by atoms with Gasteiger partial charge in [0.15, 0.2) is 0 Å². The van der Waals surface area contributed by atoms with E-state index in [1.165, 1.54) is 16.0 Å². The van der Waals surface area contributed by atoms with Crippen molar-refractivity contribution < 1.29 is 4.79 Å². The van der Waals surface area contributed by atoms with Crippen LogP contribution in [-0.2, 0) is 17.8 Å². The van der Waals surface area contributed by atoms with Crippen LogP contribution in [0.2, 0.25) is 0 Å². The number of thiophene rings is 1. The highest BCUT2D eigenvalue weighted by atomic mass is 32.1. The van der Waals surface area contributed by atoms with Crippen molar-refractivity contribution in [1.29, 1.82) is 0 Å². The monoisotopic (exact) mass is 328 g/mol. The fourth-order valence-electron chi connectivity index (χ4n) is 3.26. The molecule has 1 atom stereocenters. The molecule has 1 aromatic carbocycles. The smallest absolute Gasteiger partial charge is 0.234 e. The highest BCUT2D eigenvalue weighted by Crippen LogP contribution is 2.34. The quantitative estimate of drug-likeness (QED) is 0.908. The molecule has 0 radical (unpaired) electrons. The summed E-state index contributed by atoms with van der Waals surface area (Å²) >= 11 is 1.85. The molecule has 1 amide bonds. The summed E-state index contributed by atoms with van der Waals surface area (Å²) in [6.45, 7) is 6.34. The molecule has 2 heterocycles. The first-order valence-electron chi connectivity index (χ1n) is 8.30. The molecule has 2 aromatic rings. The van der Waals surface area contributed by atoms with Gasteiger partial charge in [-0.15, -0.1) is 11.3 Å². The molecular formula is C19H24N2OS. The van der Waals surface area contributed by atoms with Crippen LogP contribution in [0, 0.1) is 6.92 Å². The predicted molar refractivity (Wildman–Crippen MR) is 95.7 cm³/mol. The second-order valence-electron chi connectivity index (χ2n) is 6.21. The molecule has 1 aromatic heterocycles. The van der Waals surface area contributed by atoms with Gasteiger partial charge < -0.3 is 5.32 Å². The molecule has 3 rings (SSSR count). The number of carbonyl (C=O) groups is 1. The SMILES string of the molecule is CCC1c2ccsc2CCN1CC(=O)NCc1ccc(C)cc1. The van der Waals surface area contributed by atoms with Crippen LogP contribution >= 0.6 is 11.3 Å². The lowest BCUT2D eigenvalue weighted by molar-refractivity contribution is -0.123. The lowest BCUT2D eigenvalue weighted by Crippen LogP contribution is -2.42. The van der Waals surface area contributed by atoms with E-state index in [-0.39, 0.29) is 5.91 Å². The van der Waals surface area contributed by atoms with Gasteiger partial charge in [0.25, 0.3) is 0 Å². The van der Waals surface area contributed by atoms with Gasteiger partial charge in [0, 0.05) is 24.0 Å². The van der Waals surface area contributed by atoms with Gasteiger partial charge in [-0.3, -0.25) is 9.69 Å². The topological polar surface area (TPSA) is 32.3 Å². The lowest BCUT2D eigenvalue weighted by atomic mass is 9.98. The highest BCUT2D eigenvalue weighted by Gasteiger charge is 2.27. The van der Waals surface area contributed by atoms with Crippen LogP contribution in [0.15, 0.2) is 35.7 Å². The second-order valence-corrected chi connectivity index (χ2v) is 7.21. The average Bonchev–Trinajstić information content (AvgIpc) is 3.03. The Morgan fingerprint density at radius 3 is 2.83 bits per heavy atom. The van der Waals surface area contributed by atoms with Crippen LogP contribution < -0.4 is 5.32 Å². The Labute approximate surface area is 142 Å². The molecule has 122 valence electrons. The summed E-state index contributed by atoms with van der Waals surface area (Å²) in [6.07, 6.45) is 2.11. The van der Waals surface area contributed by atoms with Crippen molar-refractivity contribution in [2.75, 3.05) is 13.1 Å². The molecule has 0 saturated heterocycles. The molecule has 0 fully saturated rings. The number of fused-ring (bicyclic) bond motifs is 1. The number of benzene rings is 1. The van der Waals surface area contributed by atoms with E-state index in [4.69, 9.17) is 0 Å². The summed E-state index contributed by atoms with van der Waals surface area (Å²) in [5.41, 5.74) is 3.82. The van der Waals surface area contributed by atoms with Crippen molar-refractivity contribution in [3.8, 4) is 0 Å². The molecule has 1 aliphatic rings. The maximum absolute atomic E-state index is 12.3. The summed E-state index contributed by atoms with van der Waals surface area (Å²) in [4.78, 5) is 16.1. The van der Waals surface area contributed by atoms with E-state index >= 15 is 0 Å². The van der Waals surface area contributed by atoms with Gasteiger partial charge in [-0.05, 0) is 42.3 Å². The number of nitrogens with zero attached hydrogens (tertiary/aromatic N) is 1. The van der Waals surface area contributed by atoms with E-state index in [1.807, 2.05) is 11.3 Å². The second kappa shape index (κ2) is 7.28. The Morgan fingerprint density at radius 1 is 1.30 bits per heavy atom. The van der Waals surface area contributed by atoms with Crippen LogP contribution in [0.4, 0.5) is 0 Å². The van der Waals surface area contributed by atoms with Gasteiger partial charge in [0.1, 0.15) is 0 Å². The number of nitrogens with one attached hydrogen (secondary N) is 1. The third kappa shape index (κ3) is 3.82. The molecule has 0 saturated carbocycles. The van der Waals surface area contributed by atoms with E-state index in [2.05, 4.69) is 59.8 Å². The van der Waals surface area contributed by atoms with Crippen molar-refractivity contribution in [3.63, 3.8) is 0 Å². The third-order valence-electron chi connectivity index (χ3n) is 4.55. The fraction of sp³-hybridized carbons (Fsp3) is 0.421. The van der Waals surface area contributed by atoms with Crippen molar-refractivity contribution in [2.24, 2.45) is 0 Å². The molecular weight excluding hydrogens is 304 g/mol. The molecule has 23 heavy (non-hydrogen) atoms. The number of carbonyl (C=O) groups excluding carboxylic acids is 1. The number of amides is 1. The Bertz CT molecular complexity index is 662. The summed E-state index contributed by atoms with van der Waals surface area (Å²) in [5, 5.41) is 5.23. The zero-order valence-corrected chi connectivity index (χ0v) is 14.7. The van der Waals surface area contributed by atoms with Crippen molar-refractivity contribution >= 4 is 17.2 Å². The minimum atomic E-state index is 0.114. The Hall–Kier alpha value is -1.65. The molecule has 3 nitrogen and oxygen atoms in total. The molecule has 1 N–H and O–H groups in total. The first kappa shape index (κ1) is 16.2. The van der Waals surface area contributed by atoms with Crippen LogP contribution in [-0.4, -0.2) is 23.9 Å². The lowest BCUT2D eigenvalue weighted by Gasteiger charge is -2.34. The van der Waals surface area contributed by atoms with Gasteiger partial charge in [-0.1, -0.05) is 36.8 Å². The van der Waals surface area contributed by atoms with E-state index in [9.17, 15) is 4.79 Å². The average molecular weight is 328 g/mol. The van der Waals surface area contributed by atoms with Crippen molar-refractivity contribution in [2.45, 2.75) is 39.3 Å². The number of hydrogen-bond acceptors (Lipinski definition) is 3. The number of hydrogen-bond donors (Lipinski definition) is 1. The normalized spacial score (nSPS) is 17.7. The maximum Gasteiger partial charge on any atom is 0.234 e.